The predicted molar refractivity (Wildman–Crippen MR) is 197 cm³/mol. The second kappa shape index (κ2) is 15.6. The Morgan fingerprint density at radius 1 is 0.702 bits per heavy atom. The maximum absolute atomic E-state index is 12.7. The zero-order chi connectivity index (χ0) is 42.3. The fourth-order valence-electron chi connectivity index (χ4n) is 4.84. The van der Waals surface area contributed by atoms with Crippen molar-refractivity contribution < 1.29 is 69.6 Å². The van der Waals surface area contributed by atoms with Crippen LogP contribution < -0.4 is 16.4 Å². The summed E-state index contributed by atoms with van der Waals surface area (Å²) in [4.78, 5) is 8.36. The first-order chi connectivity index (χ1) is 26.2. The van der Waals surface area contributed by atoms with Crippen LogP contribution in [0.2, 0.25) is 5.28 Å². The second-order valence-corrected chi connectivity index (χ2v) is 18.7. The highest BCUT2D eigenvalue weighted by molar-refractivity contribution is 7.91. The van der Waals surface area contributed by atoms with Gasteiger partial charge in [-0.2, -0.15) is 48.6 Å². The van der Waals surface area contributed by atoms with Gasteiger partial charge >= 0.3 is 10.4 Å². The number of halogens is 1. The molecule has 0 radical (unpaired) electrons. The van der Waals surface area contributed by atoms with Gasteiger partial charge in [-0.25, -0.2) is 12.6 Å². The van der Waals surface area contributed by atoms with Crippen LogP contribution in [-0.4, -0.2) is 92.7 Å². The van der Waals surface area contributed by atoms with Crippen LogP contribution in [0, 0.1) is 0 Å². The number of sulfone groups is 1. The Hall–Kier alpha value is -5.21. The maximum atomic E-state index is 12.7. The van der Waals surface area contributed by atoms with E-state index < -0.39 is 117 Å². The van der Waals surface area contributed by atoms with Crippen LogP contribution in [0.15, 0.2) is 90.5 Å². The third-order valence-electron chi connectivity index (χ3n) is 7.14. The van der Waals surface area contributed by atoms with Gasteiger partial charge in [-0.1, -0.05) is 6.07 Å². The number of azo groups is 1. The molecular weight excluding hydrogens is 888 g/mol. The number of nitrogens with one attached hydrogen (secondary N) is 2. The standard InChI is InChI=1S/C27H23ClN8O16S5/c28-25-32-26(30-13-2-1-3-15(10-13)53(38,39)9-8-52-57(49,50)51)34-27(33-25)31-14-4-7-20(54(40,41)42)19(11-14)35-36-22-21(55(43,44)45)12-17-16(23(22)37)5-6-18(29)24(17)56(46,47)48/h1-7,10-12,37H,8-9,29H2,(H,40,41,42)(H,43,44,45)(H,46,47,48)(H,49,50,51)(H2,30,31,32,33,34). The Balaban J connectivity index is 1.51. The van der Waals surface area contributed by atoms with Crippen LogP contribution in [0.25, 0.3) is 10.8 Å². The molecule has 0 aliphatic rings. The van der Waals surface area contributed by atoms with Gasteiger partial charge in [-0.3, -0.25) is 18.2 Å². The minimum absolute atomic E-state index is 0.0825. The fourth-order valence-corrected chi connectivity index (χ4v) is 8.60. The van der Waals surface area contributed by atoms with Gasteiger partial charge in [0.05, 0.1) is 22.9 Å². The van der Waals surface area contributed by atoms with Gasteiger partial charge in [-0.15, -0.1) is 10.2 Å². The number of hydrogen-bond acceptors (Lipinski definition) is 20. The van der Waals surface area contributed by atoms with Crippen molar-refractivity contribution in [2.75, 3.05) is 28.7 Å². The number of anilines is 5. The number of aromatic hydroxyl groups is 1. The van der Waals surface area contributed by atoms with E-state index in [4.69, 9.17) is 21.9 Å². The summed E-state index contributed by atoms with van der Waals surface area (Å²) in [5, 5.41) is 22.0. The molecule has 5 rings (SSSR count). The zero-order valence-corrected chi connectivity index (χ0v) is 32.5. The van der Waals surface area contributed by atoms with Crippen molar-refractivity contribution in [3.8, 4) is 5.75 Å². The van der Waals surface area contributed by atoms with Crippen LogP contribution in [0.1, 0.15) is 0 Å². The topological polar surface area (TPSA) is 395 Å². The van der Waals surface area contributed by atoms with Crippen LogP contribution in [0.4, 0.5) is 40.3 Å². The van der Waals surface area contributed by atoms with E-state index in [0.717, 1.165) is 36.4 Å². The van der Waals surface area contributed by atoms with Gasteiger partial charge in [0.1, 0.15) is 26.1 Å². The van der Waals surface area contributed by atoms with Gasteiger partial charge in [0.2, 0.25) is 17.2 Å². The molecule has 1 heterocycles. The van der Waals surface area contributed by atoms with Crippen LogP contribution in [0.5, 0.6) is 5.75 Å². The molecule has 9 N–H and O–H groups in total. The summed E-state index contributed by atoms with van der Waals surface area (Å²) in [6.45, 7) is -0.876. The number of rotatable bonds is 14. The smallest absolute Gasteiger partial charge is 0.397 e. The molecule has 0 bridgehead atoms. The zero-order valence-electron chi connectivity index (χ0n) is 27.6. The lowest BCUT2D eigenvalue weighted by atomic mass is 10.1. The maximum Gasteiger partial charge on any atom is 0.397 e. The van der Waals surface area contributed by atoms with Gasteiger partial charge < -0.3 is 21.5 Å². The highest BCUT2D eigenvalue weighted by atomic mass is 35.5. The molecule has 0 aliphatic heterocycles. The summed E-state index contributed by atoms with van der Waals surface area (Å²) in [6, 6.07) is 10.3. The Labute approximate surface area is 326 Å². The Morgan fingerprint density at radius 3 is 1.89 bits per heavy atom. The summed E-state index contributed by atoms with van der Waals surface area (Å²) >= 11 is 6.05. The summed E-state index contributed by atoms with van der Waals surface area (Å²) in [5.41, 5.74) is 3.30. The highest BCUT2D eigenvalue weighted by Crippen LogP contribution is 2.44. The third kappa shape index (κ3) is 10.4. The van der Waals surface area contributed by atoms with E-state index in [9.17, 15) is 60.9 Å². The first kappa shape index (κ1) is 42.9. The molecule has 4 aromatic carbocycles. The van der Waals surface area contributed by atoms with Crippen molar-refractivity contribution in [2.24, 2.45) is 10.2 Å². The van der Waals surface area contributed by atoms with Crippen LogP contribution >= 0.6 is 11.6 Å². The monoisotopic (exact) mass is 910 g/mol. The largest absolute Gasteiger partial charge is 0.505 e. The normalized spacial score (nSPS) is 12.9. The third-order valence-corrected chi connectivity index (χ3v) is 12.2. The van der Waals surface area contributed by atoms with E-state index in [1.807, 2.05) is 0 Å². The van der Waals surface area contributed by atoms with Crippen LogP contribution in [-0.2, 0) is 54.8 Å². The summed E-state index contributed by atoms with van der Waals surface area (Å²) < 4.78 is 162. The molecule has 30 heteroatoms. The van der Waals surface area contributed by atoms with Crippen molar-refractivity contribution in [3.63, 3.8) is 0 Å². The lowest BCUT2D eigenvalue weighted by molar-refractivity contribution is 0.284. The van der Waals surface area contributed by atoms with Crippen LogP contribution in [0.3, 0.4) is 0 Å². The molecule has 0 spiro atoms. The quantitative estimate of drug-likeness (QED) is 0.0450. The number of benzene rings is 4. The fraction of sp³-hybridized carbons (Fsp3) is 0.0741. The molecule has 24 nitrogen and oxygen atoms in total. The Bertz CT molecular complexity index is 3060. The van der Waals surface area contributed by atoms with E-state index in [-0.39, 0.29) is 28.2 Å². The number of fused-ring (bicyclic) bond motifs is 1. The van der Waals surface area contributed by atoms with Crippen molar-refractivity contribution in [3.05, 3.63) is 65.9 Å². The average Bonchev–Trinajstić information content (AvgIpc) is 3.05. The van der Waals surface area contributed by atoms with E-state index in [1.54, 1.807) is 0 Å². The SMILES string of the molecule is Nc1ccc2c(O)c(N=Nc3cc(Nc4nc(Cl)nc(Nc5cccc(S(=O)(=O)CCOS(=O)(=O)O)c5)n4)ccc3S(=O)(=O)O)c(S(=O)(=O)O)cc2c1S(=O)(=O)O. The first-order valence-electron chi connectivity index (χ1n) is 14.7. The molecular formula is C27H23ClN8O16S5. The Morgan fingerprint density at radius 2 is 1.32 bits per heavy atom. The summed E-state index contributed by atoms with van der Waals surface area (Å²) in [5.74, 6) is -2.55. The second-order valence-electron chi connectivity index (χ2n) is 11.1. The Kier molecular flexibility index (Phi) is 11.8. The number of hydrogen-bond donors (Lipinski definition) is 8. The van der Waals surface area contributed by atoms with E-state index in [2.05, 4.69) is 40.0 Å². The van der Waals surface area contributed by atoms with Crippen molar-refractivity contribution in [1.82, 2.24) is 15.0 Å². The van der Waals surface area contributed by atoms with Gasteiger partial charge in [-0.05, 0) is 66.2 Å². The molecule has 57 heavy (non-hydrogen) atoms. The lowest BCUT2D eigenvalue weighted by Crippen LogP contribution is -2.15. The minimum atomic E-state index is -5.38. The predicted octanol–water partition coefficient (Wildman–Crippen LogP) is 3.20. The minimum Gasteiger partial charge on any atom is -0.505 e. The van der Waals surface area contributed by atoms with Crippen molar-refractivity contribution in [2.45, 2.75) is 19.6 Å². The van der Waals surface area contributed by atoms with Crippen molar-refractivity contribution in [1.29, 1.82) is 0 Å². The average molecular weight is 911 g/mol. The first-order valence-corrected chi connectivity index (χ1v) is 22.4. The number of phenols is 1. The molecule has 0 fully saturated rings. The van der Waals surface area contributed by atoms with Gasteiger partial charge in [0.15, 0.2) is 15.6 Å². The lowest BCUT2D eigenvalue weighted by Gasteiger charge is -2.13. The van der Waals surface area contributed by atoms with Gasteiger partial charge in [0, 0.05) is 22.1 Å². The molecule has 0 saturated heterocycles. The number of nitrogen functional groups attached to an aromatic ring is 1. The van der Waals surface area contributed by atoms with E-state index >= 15 is 0 Å². The molecule has 0 unspecified atom stereocenters. The molecule has 0 amide bonds. The number of nitrogens with two attached hydrogens (primary N) is 1. The number of phenolic OH excluding ortho intramolecular Hbond substituents is 1. The van der Waals surface area contributed by atoms with Crippen molar-refractivity contribution >= 4 is 113 Å². The van der Waals surface area contributed by atoms with E-state index in [1.165, 1.54) is 18.2 Å². The molecule has 304 valence electrons. The molecule has 0 atom stereocenters. The van der Waals surface area contributed by atoms with E-state index in [0.29, 0.717) is 6.07 Å². The molecule has 5 aromatic rings. The molecule has 0 aliphatic carbocycles. The summed E-state index contributed by atoms with van der Waals surface area (Å²) in [7, 11) is -24.6. The van der Waals surface area contributed by atoms with Gasteiger partial charge in [0.25, 0.3) is 30.4 Å². The number of aromatic nitrogens is 3. The number of nitrogens with zero attached hydrogens (tertiary/aromatic N) is 5. The highest BCUT2D eigenvalue weighted by Gasteiger charge is 2.27. The summed E-state index contributed by atoms with van der Waals surface area (Å²) in [6.07, 6.45) is 0. The molecule has 0 saturated carbocycles. The molecule has 1 aromatic heterocycles.